The lowest BCUT2D eigenvalue weighted by atomic mass is 9.99. The van der Waals surface area contributed by atoms with Crippen LogP contribution in [0.3, 0.4) is 0 Å². The number of hydrogen-bond acceptors (Lipinski definition) is 2. The zero-order valence-electron chi connectivity index (χ0n) is 9.76. The fraction of sp³-hybridized carbons (Fsp3) is 0.538. The number of rotatable bonds is 2. The monoisotopic (exact) mass is 205 g/mol. The molecule has 0 amide bonds. The Morgan fingerprint density at radius 3 is 2.40 bits per heavy atom. The lowest BCUT2D eigenvalue weighted by Gasteiger charge is -2.15. The number of aryl methyl sites for hydroxylation is 2. The lowest BCUT2D eigenvalue weighted by molar-refractivity contribution is 0.408. The first kappa shape index (κ1) is 10.5. The van der Waals surface area contributed by atoms with Gasteiger partial charge in [-0.2, -0.15) is 0 Å². The summed E-state index contributed by atoms with van der Waals surface area (Å²) < 4.78 is 5.37. The molecule has 1 aromatic rings. The quantitative estimate of drug-likeness (QED) is 0.801. The zero-order chi connectivity index (χ0) is 10.8. The van der Waals surface area contributed by atoms with E-state index in [9.17, 15) is 0 Å². The molecule has 1 N–H and O–H groups in total. The largest absolute Gasteiger partial charge is 0.496 e. The van der Waals surface area contributed by atoms with Crippen molar-refractivity contribution in [1.29, 1.82) is 0 Å². The van der Waals surface area contributed by atoms with E-state index >= 15 is 0 Å². The predicted molar refractivity (Wildman–Crippen MR) is 62.4 cm³/mol. The van der Waals surface area contributed by atoms with Crippen LogP contribution in [0.4, 0.5) is 0 Å². The number of hydrogen-bond donors (Lipinski definition) is 1. The molecule has 15 heavy (non-hydrogen) atoms. The van der Waals surface area contributed by atoms with Gasteiger partial charge in [0.1, 0.15) is 5.75 Å². The summed E-state index contributed by atoms with van der Waals surface area (Å²) in [5.41, 5.74) is 3.88. The smallest absolute Gasteiger partial charge is 0.124 e. The summed E-state index contributed by atoms with van der Waals surface area (Å²) in [6.45, 7) is 5.38. The van der Waals surface area contributed by atoms with Crippen molar-refractivity contribution >= 4 is 0 Å². The standard InChI is InChI=1S/C13H19NO/c1-9-7-11(12-5-4-6-14-12)8-10(2)13(9)15-3/h7-8,12,14H,4-6H2,1-3H3. The van der Waals surface area contributed by atoms with E-state index < -0.39 is 0 Å². The molecule has 1 atom stereocenters. The Bertz CT molecular complexity index is 331. The molecule has 0 radical (unpaired) electrons. The van der Waals surface area contributed by atoms with Crippen molar-refractivity contribution in [2.45, 2.75) is 32.7 Å². The SMILES string of the molecule is COc1c(C)cc(C2CCCN2)cc1C. The third kappa shape index (κ3) is 2.00. The molecular formula is C13H19NO. The van der Waals surface area contributed by atoms with Gasteiger partial charge in [0, 0.05) is 6.04 Å². The highest BCUT2D eigenvalue weighted by Gasteiger charge is 2.17. The number of benzene rings is 1. The summed E-state index contributed by atoms with van der Waals surface area (Å²) in [5.74, 6) is 1.02. The molecule has 0 aromatic heterocycles. The summed E-state index contributed by atoms with van der Waals surface area (Å²) in [4.78, 5) is 0. The van der Waals surface area contributed by atoms with Gasteiger partial charge in [-0.05, 0) is 49.9 Å². The molecule has 82 valence electrons. The molecule has 1 aliphatic rings. The maximum atomic E-state index is 5.37. The molecule has 1 fully saturated rings. The lowest BCUT2D eigenvalue weighted by Crippen LogP contribution is -2.13. The van der Waals surface area contributed by atoms with E-state index in [1.54, 1.807) is 7.11 Å². The highest BCUT2D eigenvalue weighted by atomic mass is 16.5. The van der Waals surface area contributed by atoms with Gasteiger partial charge in [-0.1, -0.05) is 12.1 Å². The summed E-state index contributed by atoms with van der Waals surface area (Å²) in [6, 6.07) is 5.04. The van der Waals surface area contributed by atoms with E-state index in [0.29, 0.717) is 6.04 Å². The molecule has 0 aliphatic carbocycles. The Kier molecular flexibility index (Phi) is 2.96. The average molecular weight is 205 g/mol. The Morgan fingerprint density at radius 1 is 1.27 bits per heavy atom. The molecule has 0 spiro atoms. The Hall–Kier alpha value is -1.02. The van der Waals surface area contributed by atoms with Crippen molar-refractivity contribution in [3.05, 3.63) is 28.8 Å². The number of nitrogens with one attached hydrogen (secondary N) is 1. The fourth-order valence-electron chi connectivity index (χ4n) is 2.48. The first-order valence-corrected chi connectivity index (χ1v) is 5.61. The van der Waals surface area contributed by atoms with Crippen LogP contribution < -0.4 is 10.1 Å². The van der Waals surface area contributed by atoms with Crippen LogP contribution in [-0.2, 0) is 0 Å². The summed E-state index contributed by atoms with van der Waals surface area (Å²) >= 11 is 0. The summed E-state index contributed by atoms with van der Waals surface area (Å²) in [7, 11) is 1.74. The molecule has 2 heteroatoms. The second kappa shape index (κ2) is 4.23. The third-order valence-corrected chi connectivity index (χ3v) is 3.15. The van der Waals surface area contributed by atoms with Crippen LogP contribution in [0.25, 0.3) is 0 Å². The van der Waals surface area contributed by atoms with Crippen molar-refractivity contribution in [3.63, 3.8) is 0 Å². The number of ether oxygens (including phenoxy) is 1. The van der Waals surface area contributed by atoms with E-state index in [0.717, 1.165) is 12.3 Å². The molecule has 0 bridgehead atoms. The molecule has 0 saturated carbocycles. The van der Waals surface area contributed by atoms with Gasteiger partial charge < -0.3 is 10.1 Å². The van der Waals surface area contributed by atoms with Crippen LogP contribution in [0.2, 0.25) is 0 Å². The topological polar surface area (TPSA) is 21.3 Å². The van der Waals surface area contributed by atoms with Gasteiger partial charge in [-0.3, -0.25) is 0 Å². The Morgan fingerprint density at radius 2 is 1.93 bits per heavy atom. The van der Waals surface area contributed by atoms with Crippen molar-refractivity contribution in [2.75, 3.05) is 13.7 Å². The minimum atomic E-state index is 0.549. The molecular weight excluding hydrogens is 186 g/mol. The van der Waals surface area contributed by atoms with Crippen LogP contribution in [0.1, 0.15) is 35.6 Å². The zero-order valence-corrected chi connectivity index (χ0v) is 9.76. The van der Waals surface area contributed by atoms with Crippen molar-refractivity contribution < 1.29 is 4.74 Å². The minimum Gasteiger partial charge on any atom is -0.496 e. The van der Waals surface area contributed by atoms with Crippen LogP contribution >= 0.6 is 0 Å². The van der Waals surface area contributed by atoms with E-state index in [1.807, 2.05) is 0 Å². The second-order valence-corrected chi connectivity index (χ2v) is 4.34. The summed E-state index contributed by atoms with van der Waals surface area (Å²) in [6.07, 6.45) is 2.54. The van der Waals surface area contributed by atoms with Gasteiger partial charge in [-0.25, -0.2) is 0 Å². The first-order valence-electron chi connectivity index (χ1n) is 5.61. The van der Waals surface area contributed by atoms with E-state index in [2.05, 4.69) is 31.3 Å². The Labute approximate surface area is 91.6 Å². The van der Waals surface area contributed by atoms with Gasteiger partial charge in [-0.15, -0.1) is 0 Å². The van der Waals surface area contributed by atoms with E-state index in [4.69, 9.17) is 4.74 Å². The van der Waals surface area contributed by atoms with Crippen LogP contribution in [0, 0.1) is 13.8 Å². The molecule has 1 aliphatic heterocycles. The maximum Gasteiger partial charge on any atom is 0.124 e. The molecule has 1 saturated heterocycles. The van der Waals surface area contributed by atoms with Gasteiger partial charge >= 0.3 is 0 Å². The molecule has 2 rings (SSSR count). The first-order chi connectivity index (χ1) is 7.22. The maximum absolute atomic E-state index is 5.37. The fourth-order valence-corrected chi connectivity index (χ4v) is 2.48. The molecule has 1 unspecified atom stereocenters. The van der Waals surface area contributed by atoms with E-state index in [-0.39, 0.29) is 0 Å². The van der Waals surface area contributed by atoms with Gasteiger partial charge in [0.25, 0.3) is 0 Å². The average Bonchev–Trinajstić information content (AvgIpc) is 2.69. The van der Waals surface area contributed by atoms with Crippen LogP contribution in [-0.4, -0.2) is 13.7 Å². The normalized spacial score (nSPS) is 20.6. The van der Waals surface area contributed by atoms with Gasteiger partial charge in [0.15, 0.2) is 0 Å². The van der Waals surface area contributed by atoms with Crippen molar-refractivity contribution in [2.24, 2.45) is 0 Å². The number of methoxy groups -OCH3 is 1. The molecule has 1 heterocycles. The highest BCUT2D eigenvalue weighted by molar-refractivity contribution is 5.44. The summed E-state index contributed by atoms with van der Waals surface area (Å²) in [5, 5.41) is 3.52. The van der Waals surface area contributed by atoms with Crippen molar-refractivity contribution in [3.8, 4) is 5.75 Å². The van der Waals surface area contributed by atoms with Crippen molar-refractivity contribution in [1.82, 2.24) is 5.32 Å². The Balaban J connectivity index is 2.33. The van der Waals surface area contributed by atoms with Crippen LogP contribution in [0.15, 0.2) is 12.1 Å². The molecule has 1 aromatic carbocycles. The van der Waals surface area contributed by atoms with Gasteiger partial charge in [0.05, 0.1) is 7.11 Å². The molecule has 2 nitrogen and oxygen atoms in total. The highest BCUT2D eigenvalue weighted by Crippen LogP contribution is 2.30. The third-order valence-electron chi connectivity index (χ3n) is 3.15. The second-order valence-electron chi connectivity index (χ2n) is 4.34. The van der Waals surface area contributed by atoms with Gasteiger partial charge in [0.2, 0.25) is 0 Å². The van der Waals surface area contributed by atoms with Crippen LogP contribution in [0.5, 0.6) is 5.75 Å². The minimum absolute atomic E-state index is 0.549. The van der Waals surface area contributed by atoms with E-state index in [1.165, 1.54) is 29.5 Å². The predicted octanol–water partition coefficient (Wildman–Crippen LogP) is 2.74.